The number of fused-ring (bicyclic) bond motifs is 1. The van der Waals surface area contributed by atoms with Crippen molar-refractivity contribution in [2.75, 3.05) is 19.7 Å². The molecule has 1 fully saturated rings. The minimum Gasteiger partial charge on any atom is -0.493 e. The zero-order valence-corrected chi connectivity index (χ0v) is 13.6. The summed E-state index contributed by atoms with van der Waals surface area (Å²) in [7, 11) is 0. The van der Waals surface area contributed by atoms with Crippen molar-refractivity contribution < 1.29 is 4.74 Å². The van der Waals surface area contributed by atoms with Crippen molar-refractivity contribution >= 4 is 0 Å². The summed E-state index contributed by atoms with van der Waals surface area (Å²) in [5.41, 5.74) is 10.3. The Morgan fingerprint density at radius 2 is 2.10 bits per heavy atom. The van der Waals surface area contributed by atoms with Crippen LogP contribution in [-0.4, -0.2) is 30.6 Å². The van der Waals surface area contributed by atoms with Gasteiger partial charge in [0.05, 0.1) is 6.61 Å². The number of piperidine rings is 1. The molecule has 0 radical (unpaired) electrons. The molecule has 0 aromatic heterocycles. The van der Waals surface area contributed by atoms with Gasteiger partial charge in [-0.25, -0.2) is 0 Å². The Morgan fingerprint density at radius 1 is 1.29 bits per heavy atom. The molecule has 1 aromatic rings. The molecule has 0 saturated carbocycles. The highest BCUT2D eigenvalue weighted by Crippen LogP contribution is 2.37. The maximum atomic E-state index is 6.60. The van der Waals surface area contributed by atoms with E-state index in [2.05, 4.69) is 37.8 Å². The van der Waals surface area contributed by atoms with Crippen LogP contribution in [0.2, 0.25) is 0 Å². The minimum absolute atomic E-state index is 0.100. The van der Waals surface area contributed by atoms with Crippen LogP contribution in [0.1, 0.15) is 48.9 Å². The molecule has 116 valence electrons. The molecular weight excluding hydrogens is 260 g/mol. The summed E-state index contributed by atoms with van der Waals surface area (Å²) >= 11 is 0. The summed E-state index contributed by atoms with van der Waals surface area (Å²) in [6, 6.07) is 5.13. The van der Waals surface area contributed by atoms with Gasteiger partial charge in [0.25, 0.3) is 0 Å². The van der Waals surface area contributed by atoms with Crippen molar-refractivity contribution in [1.29, 1.82) is 0 Å². The fourth-order valence-corrected chi connectivity index (χ4v) is 3.92. The van der Waals surface area contributed by atoms with Gasteiger partial charge in [0.2, 0.25) is 0 Å². The third-order valence-corrected chi connectivity index (χ3v) is 5.20. The maximum absolute atomic E-state index is 6.60. The number of benzene rings is 1. The van der Waals surface area contributed by atoms with E-state index in [0.717, 1.165) is 18.9 Å². The Balaban J connectivity index is 1.77. The number of hydrogen-bond acceptors (Lipinski definition) is 3. The molecule has 0 bridgehead atoms. The van der Waals surface area contributed by atoms with Crippen molar-refractivity contribution in [1.82, 2.24) is 4.90 Å². The molecule has 2 aliphatic rings. The Hall–Kier alpha value is -1.06. The van der Waals surface area contributed by atoms with Gasteiger partial charge in [0.15, 0.2) is 0 Å². The van der Waals surface area contributed by atoms with E-state index in [-0.39, 0.29) is 6.04 Å². The Labute approximate surface area is 128 Å². The maximum Gasteiger partial charge on any atom is 0.124 e. The topological polar surface area (TPSA) is 38.5 Å². The number of rotatable bonds is 2. The molecule has 1 aromatic carbocycles. The highest BCUT2D eigenvalue weighted by molar-refractivity contribution is 5.46. The second-order valence-electron chi connectivity index (χ2n) is 6.93. The predicted octanol–water partition coefficient (Wildman–Crippen LogP) is 3.19. The summed E-state index contributed by atoms with van der Waals surface area (Å²) in [5, 5.41) is 0. The monoisotopic (exact) mass is 288 g/mol. The fraction of sp³-hybridized carbons (Fsp3) is 0.667. The first kappa shape index (κ1) is 14.9. The third kappa shape index (κ3) is 2.95. The molecule has 1 saturated heterocycles. The van der Waals surface area contributed by atoms with Crippen LogP contribution in [-0.2, 0) is 0 Å². The van der Waals surface area contributed by atoms with Crippen LogP contribution in [0.3, 0.4) is 0 Å². The summed E-state index contributed by atoms with van der Waals surface area (Å²) in [5.74, 6) is 1.40. The van der Waals surface area contributed by atoms with Crippen LogP contribution in [0.15, 0.2) is 12.1 Å². The van der Waals surface area contributed by atoms with Crippen molar-refractivity contribution in [2.45, 2.75) is 52.1 Å². The number of nitrogens with zero attached hydrogens (tertiary/aromatic N) is 1. The quantitative estimate of drug-likeness (QED) is 0.908. The number of hydrogen-bond donors (Lipinski definition) is 1. The molecule has 3 heteroatoms. The van der Waals surface area contributed by atoms with Crippen LogP contribution in [0.25, 0.3) is 0 Å². The zero-order chi connectivity index (χ0) is 15.0. The second kappa shape index (κ2) is 5.98. The normalized spacial score (nSPS) is 29.8. The number of nitrogens with two attached hydrogens (primary N) is 1. The van der Waals surface area contributed by atoms with E-state index in [4.69, 9.17) is 10.5 Å². The molecule has 2 heterocycles. The van der Waals surface area contributed by atoms with E-state index in [1.165, 1.54) is 42.5 Å². The molecule has 0 amide bonds. The van der Waals surface area contributed by atoms with E-state index in [1.54, 1.807) is 0 Å². The fourth-order valence-electron chi connectivity index (χ4n) is 3.92. The zero-order valence-electron chi connectivity index (χ0n) is 13.6. The molecule has 3 unspecified atom stereocenters. The minimum atomic E-state index is 0.100. The van der Waals surface area contributed by atoms with E-state index in [0.29, 0.717) is 12.0 Å². The van der Waals surface area contributed by atoms with Crippen LogP contribution >= 0.6 is 0 Å². The molecule has 2 N–H and O–H groups in total. The van der Waals surface area contributed by atoms with Crippen molar-refractivity contribution in [2.24, 2.45) is 11.7 Å². The first-order chi connectivity index (χ1) is 10.1. The average Bonchev–Trinajstić information content (AvgIpc) is 2.43. The van der Waals surface area contributed by atoms with Gasteiger partial charge in [0, 0.05) is 30.1 Å². The van der Waals surface area contributed by atoms with Gasteiger partial charge in [0.1, 0.15) is 5.75 Å². The number of likely N-dealkylation sites (tertiary alicyclic amines) is 1. The van der Waals surface area contributed by atoms with Gasteiger partial charge >= 0.3 is 0 Å². The lowest BCUT2D eigenvalue weighted by Crippen LogP contribution is -2.45. The second-order valence-corrected chi connectivity index (χ2v) is 6.93. The predicted molar refractivity (Wildman–Crippen MR) is 86.7 cm³/mol. The van der Waals surface area contributed by atoms with Crippen LogP contribution in [0.5, 0.6) is 5.75 Å². The first-order valence-electron chi connectivity index (χ1n) is 8.30. The molecule has 21 heavy (non-hydrogen) atoms. The van der Waals surface area contributed by atoms with Gasteiger partial charge in [-0.1, -0.05) is 12.5 Å². The van der Waals surface area contributed by atoms with E-state index in [9.17, 15) is 0 Å². The van der Waals surface area contributed by atoms with Crippen molar-refractivity contribution in [3.8, 4) is 5.75 Å². The van der Waals surface area contributed by atoms with Gasteiger partial charge < -0.3 is 15.4 Å². The summed E-state index contributed by atoms with van der Waals surface area (Å²) < 4.78 is 6.04. The Kier molecular flexibility index (Phi) is 4.23. The summed E-state index contributed by atoms with van der Waals surface area (Å²) in [4.78, 5) is 2.60. The standard InChI is InChI=1S/C18H28N2O/c1-12-8-13(2)17-16(9-12)21-11-15(18(17)19)10-20-7-5-4-6-14(20)3/h8-9,14-15,18H,4-7,10-11,19H2,1-3H3. The molecule has 2 aliphatic heterocycles. The van der Waals surface area contributed by atoms with Crippen molar-refractivity contribution in [3.63, 3.8) is 0 Å². The highest BCUT2D eigenvalue weighted by Gasteiger charge is 2.32. The third-order valence-electron chi connectivity index (χ3n) is 5.20. The molecule has 3 rings (SSSR count). The van der Waals surface area contributed by atoms with Crippen LogP contribution in [0, 0.1) is 19.8 Å². The Bertz CT molecular complexity index is 514. The van der Waals surface area contributed by atoms with E-state index >= 15 is 0 Å². The summed E-state index contributed by atoms with van der Waals surface area (Å²) in [6.07, 6.45) is 4.01. The highest BCUT2D eigenvalue weighted by atomic mass is 16.5. The number of aryl methyl sites for hydroxylation is 2. The van der Waals surface area contributed by atoms with E-state index in [1.807, 2.05) is 0 Å². The lowest BCUT2D eigenvalue weighted by Gasteiger charge is -2.40. The Morgan fingerprint density at radius 3 is 2.86 bits per heavy atom. The van der Waals surface area contributed by atoms with Gasteiger partial charge in [-0.2, -0.15) is 0 Å². The SMILES string of the molecule is Cc1cc(C)c2c(c1)OCC(CN1CCCCC1C)C2N. The summed E-state index contributed by atoms with van der Waals surface area (Å²) in [6.45, 7) is 9.64. The van der Waals surface area contributed by atoms with E-state index < -0.39 is 0 Å². The van der Waals surface area contributed by atoms with Crippen LogP contribution < -0.4 is 10.5 Å². The molecule has 0 spiro atoms. The molecule has 0 aliphatic carbocycles. The largest absolute Gasteiger partial charge is 0.493 e. The number of ether oxygens (including phenoxy) is 1. The van der Waals surface area contributed by atoms with Crippen molar-refractivity contribution in [3.05, 3.63) is 28.8 Å². The smallest absolute Gasteiger partial charge is 0.124 e. The van der Waals surface area contributed by atoms with Gasteiger partial charge in [-0.05, 0) is 57.4 Å². The lowest BCUT2D eigenvalue weighted by atomic mass is 9.86. The lowest BCUT2D eigenvalue weighted by molar-refractivity contribution is 0.0938. The molecule has 3 nitrogen and oxygen atoms in total. The average molecular weight is 288 g/mol. The first-order valence-corrected chi connectivity index (χ1v) is 8.30. The van der Waals surface area contributed by atoms with Gasteiger partial charge in [-0.15, -0.1) is 0 Å². The molecule has 3 atom stereocenters. The molecular formula is C18H28N2O. The van der Waals surface area contributed by atoms with Crippen LogP contribution in [0.4, 0.5) is 0 Å². The van der Waals surface area contributed by atoms with Gasteiger partial charge in [-0.3, -0.25) is 0 Å².